The second-order valence-electron chi connectivity index (χ2n) is 8.01. The van der Waals surface area contributed by atoms with E-state index in [0.29, 0.717) is 11.4 Å². The molecule has 4 rings (SSSR count). The molecule has 2 heterocycles. The summed E-state index contributed by atoms with van der Waals surface area (Å²) in [5, 5.41) is 4.85. The summed E-state index contributed by atoms with van der Waals surface area (Å²) in [4.78, 5) is 27.6. The van der Waals surface area contributed by atoms with Crippen LogP contribution >= 0.6 is 11.3 Å². The van der Waals surface area contributed by atoms with Gasteiger partial charge in [0.15, 0.2) is 5.78 Å². The average molecular weight is 433 g/mol. The van der Waals surface area contributed by atoms with Crippen LogP contribution in [0.1, 0.15) is 46.5 Å². The number of likely N-dealkylation sites (tertiary alicyclic amines) is 1. The zero-order valence-corrected chi connectivity index (χ0v) is 18.5. The minimum atomic E-state index is -0.0966. The molecule has 2 aromatic carbocycles. The number of carbonyl (C=O) groups excluding carboxylic acids is 2. The topological polar surface area (TPSA) is 49.4 Å². The van der Waals surface area contributed by atoms with E-state index in [1.165, 1.54) is 42.8 Å². The summed E-state index contributed by atoms with van der Waals surface area (Å²) in [6.45, 7) is 3.87. The largest absolute Gasteiger partial charge is 0.352 e. The summed E-state index contributed by atoms with van der Waals surface area (Å²) >= 11 is 1.42. The molecule has 160 valence electrons. The lowest BCUT2D eigenvalue weighted by Crippen LogP contribution is -2.23. The Kier molecular flexibility index (Phi) is 7.28. The number of benzene rings is 2. The van der Waals surface area contributed by atoms with E-state index in [2.05, 4.69) is 40.5 Å². The van der Waals surface area contributed by atoms with Gasteiger partial charge in [-0.3, -0.25) is 14.5 Å². The summed E-state index contributed by atoms with van der Waals surface area (Å²) in [6.07, 6.45) is 3.06. The monoisotopic (exact) mass is 432 g/mol. The fraction of sp³-hybridized carbons (Fsp3) is 0.308. The van der Waals surface area contributed by atoms with E-state index in [1.54, 1.807) is 6.07 Å². The Morgan fingerprint density at radius 3 is 2.42 bits per heavy atom. The molecule has 3 aromatic rings. The highest BCUT2D eigenvalue weighted by Crippen LogP contribution is 2.25. The molecule has 0 atom stereocenters. The standard InChI is InChI=1S/C26H28N2O2S/c29-24(25-8-5-17-31-25)13-14-26(30)27-18-22-6-1-2-7-23(22)21-11-9-20(10-12-21)19-28-15-3-4-16-28/h1-2,5-12,17H,3-4,13-16,18-19H2,(H,27,30). The molecule has 1 aromatic heterocycles. The maximum atomic E-state index is 12.3. The van der Waals surface area contributed by atoms with Gasteiger partial charge in [-0.1, -0.05) is 54.6 Å². The van der Waals surface area contributed by atoms with Crippen LogP contribution in [0.5, 0.6) is 0 Å². The first-order valence-corrected chi connectivity index (χ1v) is 11.8. The number of rotatable bonds is 9. The van der Waals surface area contributed by atoms with Gasteiger partial charge in [-0.2, -0.15) is 0 Å². The predicted molar refractivity (Wildman–Crippen MR) is 126 cm³/mol. The Bertz CT molecular complexity index is 1010. The molecule has 1 fully saturated rings. The van der Waals surface area contributed by atoms with Gasteiger partial charge in [-0.15, -0.1) is 11.3 Å². The summed E-state index contributed by atoms with van der Waals surface area (Å²) in [7, 11) is 0. The van der Waals surface area contributed by atoms with Gasteiger partial charge in [0.1, 0.15) is 0 Å². The highest BCUT2D eigenvalue weighted by Gasteiger charge is 2.13. The molecule has 0 saturated carbocycles. The van der Waals surface area contributed by atoms with E-state index in [9.17, 15) is 9.59 Å². The van der Waals surface area contributed by atoms with Crippen molar-refractivity contribution in [2.45, 2.75) is 38.8 Å². The molecule has 31 heavy (non-hydrogen) atoms. The van der Waals surface area contributed by atoms with Crippen molar-refractivity contribution >= 4 is 23.0 Å². The van der Waals surface area contributed by atoms with Gasteiger partial charge < -0.3 is 5.32 Å². The molecule has 4 nitrogen and oxygen atoms in total. The van der Waals surface area contributed by atoms with Gasteiger partial charge in [0, 0.05) is 25.9 Å². The molecular formula is C26H28N2O2S. The number of ketones is 1. The van der Waals surface area contributed by atoms with Gasteiger partial charge in [0.25, 0.3) is 0 Å². The third-order valence-electron chi connectivity index (χ3n) is 5.74. The lowest BCUT2D eigenvalue weighted by Gasteiger charge is -2.15. The molecule has 1 saturated heterocycles. The lowest BCUT2D eigenvalue weighted by atomic mass is 9.98. The number of hydrogen-bond donors (Lipinski definition) is 1. The molecule has 5 heteroatoms. The summed E-state index contributed by atoms with van der Waals surface area (Å²) < 4.78 is 0. The second kappa shape index (κ2) is 10.5. The minimum absolute atomic E-state index is 0.0274. The Balaban J connectivity index is 1.33. The Morgan fingerprint density at radius 1 is 0.903 bits per heavy atom. The fourth-order valence-electron chi connectivity index (χ4n) is 4.01. The van der Waals surface area contributed by atoms with Gasteiger partial charge >= 0.3 is 0 Å². The van der Waals surface area contributed by atoms with E-state index >= 15 is 0 Å². The molecular weight excluding hydrogens is 404 g/mol. The van der Waals surface area contributed by atoms with Crippen molar-refractivity contribution < 1.29 is 9.59 Å². The van der Waals surface area contributed by atoms with Crippen LogP contribution in [-0.2, 0) is 17.9 Å². The summed E-state index contributed by atoms with van der Waals surface area (Å²) in [6, 6.07) is 20.6. The van der Waals surface area contributed by atoms with Gasteiger partial charge in [-0.25, -0.2) is 0 Å². The maximum absolute atomic E-state index is 12.3. The minimum Gasteiger partial charge on any atom is -0.352 e. The number of nitrogens with zero attached hydrogens (tertiary/aromatic N) is 1. The zero-order valence-electron chi connectivity index (χ0n) is 17.7. The number of amides is 1. The van der Waals surface area contributed by atoms with Crippen LogP contribution in [0.4, 0.5) is 0 Å². The molecule has 0 spiro atoms. The van der Waals surface area contributed by atoms with E-state index in [0.717, 1.165) is 23.2 Å². The molecule has 0 unspecified atom stereocenters. The molecule has 0 radical (unpaired) electrons. The quantitative estimate of drug-likeness (QED) is 0.468. The van der Waals surface area contributed by atoms with Gasteiger partial charge in [0.05, 0.1) is 4.88 Å². The van der Waals surface area contributed by atoms with Crippen molar-refractivity contribution in [2.24, 2.45) is 0 Å². The van der Waals surface area contributed by atoms with Crippen LogP contribution < -0.4 is 5.32 Å². The third kappa shape index (κ3) is 5.90. The smallest absolute Gasteiger partial charge is 0.220 e. The molecule has 0 bridgehead atoms. The maximum Gasteiger partial charge on any atom is 0.220 e. The molecule has 1 aliphatic heterocycles. The number of Topliss-reactive ketones (excluding diaryl/α,β-unsaturated/α-hetero) is 1. The normalized spacial score (nSPS) is 13.9. The van der Waals surface area contributed by atoms with Crippen LogP contribution in [-0.4, -0.2) is 29.7 Å². The van der Waals surface area contributed by atoms with Crippen LogP contribution in [0, 0.1) is 0 Å². The molecule has 0 aliphatic carbocycles. The Morgan fingerprint density at radius 2 is 1.68 bits per heavy atom. The predicted octanol–water partition coefficient (Wildman–Crippen LogP) is 5.29. The van der Waals surface area contributed by atoms with E-state index in [-0.39, 0.29) is 24.5 Å². The Hall–Kier alpha value is -2.76. The highest BCUT2D eigenvalue weighted by molar-refractivity contribution is 7.12. The van der Waals surface area contributed by atoms with Crippen molar-refractivity contribution in [3.05, 3.63) is 82.0 Å². The van der Waals surface area contributed by atoms with Crippen LogP contribution in [0.3, 0.4) is 0 Å². The van der Waals surface area contributed by atoms with Gasteiger partial charge in [0.2, 0.25) is 5.91 Å². The average Bonchev–Trinajstić information content (AvgIpc) is 3.51. The van der Waals surface area contributed by atoms with Gasteiger partial charge in [-0.05, 0) is 59.6 Å². The zero-order chi connectivity index (χ0) is 21.5. The molecule has 1 amide bonds. The Labute approximate surface area is 187 Å². The second-order valence-corrected chi connectivity index (χ2v) is 8.96. The van der Waals surface area contributed by atoms with E-state index < -0.39 is 0 Å². The summed E-state index contributed by atoms with van der Waals surface area (Å²) in [5.74, 6) is -0.0692. The molecule has 1 aliphatic rings. The van der Waals surface area contributed by atoms with E-state index in [4.69, 9.17) is 0 Å². The SMILES string of the molecule is O=C(CCC(=O)c1cccs1)NCc1ccccc1-c1ccc(CN2CCCC2)cc1. The van der Waals surface area contributed by atoms with Crippen LogP contribution in [0.15, 0.2) is 66.0 Å². The summed E-state index contributed by atoms with van der Waals surface area (Å²) in [5.41, 5.74) is 4.70. The van der Waals surface area contributed by atoms with Crippen molar-refractivity contribution in [1.29, 1.82) is 0 Å². The van der Waals surface area contributed by atoms with Crippen LogP contribution in [0.25, 0.3) is 11.1 Å². The number of hydrogen-bond acceptors (Lipinski definition) is 4. The first kappa shape index (κ1) is 21.5. The van der Waals surface area contributed by atoms with Crippen molar-refractivity contribution in [3.63, 3.8) is 0 Å². The number of carbonyl (C=O) groups is 2. The number of thiophene rings is 1. The first-order valence-electron chi connectivity index (χ1n) is 10.9. The van der Waals surface area contributed by atoms with Crippen molar-refractivity contribution in [1.82, 2.24) is 10.2 Å². The molecule has 1 N–H and O–H groups in total. The number of nitrogens with one attached hydrogen (secondary N) is 1. The lowest BCUT2D eigenvalue weighted by molar-refractivity contribution is -0.121. The first-order chi connectivity index (χ1) is 15.2. The van der Waals surface area contributed by atoms with Crippen molar-refractivity contribution in [3.8, 4) is 11.1 Å². The highest BCUT2D eigenvalue weighted by atomic mass is 32.1. The van der Waals surface area contributed by atoms with Crippen LogP contribution in [0.2, 0.25) is 0 Å². The fourth-order valence-corrected chi connectivity index (χ4v) is 4.71. The van der Waals surface area contributed by atoms with Crippen molar-refractivity contribution in [2.75, 3.05) is 13.1 Å². The third-order valence-corrected chi connectivity index (χ3v) is 6.65. The van der Waals surface area contributed by atoms with E-state index in [1.807, 2.05) is 29.6 Å².